The van der Waals surface area contributed by atoms with Crippen LogP contribution in [-0.2, 0) is 4.74 Å². The number of pyridine rings is 1. The number of nitrogens with zero attached hydrogens (tertiary/aromatic N) is 3. The molecule has 1 aliphatic rings. The summed E-state index contributed by atoms with van der Waals surface area (Å²) < 4.78 is 29.8. The van der Waals surface area contributed by atoms with E-state index in [2.05, 4.69) is 15.3 Å². The molecule has 1 aromatic carbocycles. The molecule has 1 fully saturated rings. The zero-order chi connectivity index (χ0) is 26.9. The number of hydrogen-bond donors (Lipinski definition) is 2. The number of aromatic nitrogens is 1. The number of rotatable bonds is 11. The maximum atomic E-state index is 13.1. The van der Waals surface area contributed by atoms with Crippen LogP contribution in [0.1, 0.15) is 46.5 Å². The standard InChI is InChI=1S/C26H32FN5O5/c1-16-10-20(26(34)32-8-5-9-32)14-30-25(16)37-22-12-19(24(33)31-23(28)6-7-29-4)11-21(13-22)36-17(2)15-35-18(3)27/h6-7,10-14,17-18,29H,5,8-9,15H2,1-4H3,(H2,28,31,33)/b7-6-/t17-,18?/m0/s1. The molecule has 1 aliphatic heterocycles. The van der Waals surface area contributed by atoms with Gasteiger partial charge in [0.15, 0.2) is 6.36 Å². The SMILES string of the molecule is CN/C=C\C(N)=NC(=O)c1cc(Oc2ncc(C(=O)N3CCC3)cc2C)cc(O[C@@H](C)COC(C)F)c1. The highest BCUT2D eigenvalue weighted by molar-refractivity contribution is 6.06. The summed E-state index contributed by atoms with van der Waals surface area (Å²) in [4.78, 5) is 35.2. The Morgan fingerprint density at radius 3 is 2.57 bits per heavy atom. The highest BCUT2D eigenvalue weighted by Crippen LogP contribution is 2.30. The molecule has 2 amide bonds. The Hall–Kier alpha value is -3.99. The van der Waals surface area contributed by atoms with Gasteiger partial charge in [0.1, 0.15) is 23.4 Å². The van der Waals surface area contributed by atoms with E-state index in [0.29, 0.717) is 11.1 Å². The molecule has 11 heteroatoms. The summed E-state index contributed by atoms with van der Waals surface area (Å²) in [6.45, 7) is 6.24. The van der Waals surface area contributed by atoms with E-state index >= 15 is 0 Å². The van der Waals surface area contributed by atoms with Gasteiger partial charge in [-0.3, -0.25) is 9.59 Å². The Labute approximate surface area is 215 Å². The van der Waals surface area contributed by atoms with E-state index in [0.717, 1.165) is 19.5 Å². The van der Waals surface area contributed by atoms with Crippen molar-refractivity contribution in [2.75, 3.05) is 26.7 Å². The minimum atomic E-state index is -1.44. The van der Waals surface area contributed by atoms with E-state index in [1.807, 2.05) is 0 Å². The second kappa shape index (κ2) is 12.8. The van der Waals surface area contributed by atoms with Crippen LogP contribution in [0.2, 0.25) is 0 Å². The molecule has 2 heterocycles. The summed E-state index contributed by atoms with van der Waals surface area (Å²) in [7, 11) is 1.69. The predicted molar refractivity (Wildman–Crippen MR) is 137 cm³/mol. The molecule has 1 saturated heterocycles. The number of amidine groups is 1. The van der Waals surface area contributed by atoms with Gasteiger partial charge in [-0.2, -0.15) is 4.99 Å². The molecule has 0 spiro atoms. The van der Waals surface area contributed by atoms with Crippen LogP contribution in [0.4, 0.5) is 4.39 Å². The molecule has 10 nitrogen and oxygen atoms in total. The number of nitrogens with one attached hydrogen (secondary N) is 1. The number of alkyl halides is 1. The first-order chi connectivity index (χ1) is 17.7. The Kier molecular flexibility index (Phi) is 9.56. The van der Waals surface area contributed by atoms with E-state index in [1.54, 1.807) is 44.1 Å². The fraction of sp³-hybridized carbons (Fsp3) is 0.385. The van der Waals surface area contributed by atoms with Crippen molar-refractivity contribution >= 4 is 17.6 Å². The third-order valence-electron chi connectivity index (χ3n) is 5.31. The molecule has 2 atom stereocenters. The summed E-state index contributed by atoms with van der Waals surface area (Å²) >= 11 is 0. The van der Waals surface area contributed by atoms with Crippen LogP contribution < -0.4 is 20.5 Å². The Balaban J connectivity index is 1.87. The minimum absolute atomic E-state index is 0.000876. The van der Waals surface area contributed by atoms with Crippen molar-refractivity contribution in [2.45, 2.75) is 39.7 Å². The molecule has 0 saturated carbocycles. The normalized spacial score (nSPS) is 15.2. The molecule has 3 rings (SSSR count). The van der Waals surface area contributed by atoms with Crippen molar-refractivity contribution < 1.29 is 28.2 Å². The molecule has 1 unspecified atom stereocenters. The van der Waals surface area contributed by atoms with Crippen LogP contribution in [0, 0.1) is 6.92 Å². The number of aliphatic imine (C=N–C) groups is 1. The second-order valence-electron chi connectivity index (χ2n) is 8.56. The summed E-state index contributed by atoms with van der Waals surface area (Å²) in [5.74, 6) is 0.119. The van der Waals surface area contributed by atoms with E-state index in [1.165, 1.54) is 31.3 Å². The zero-order valence-corrected chi connectivity index (χ0v) is 21.4. The van der Waals surface area contributed by atoms with Gasteiger partial charge in [0, 0.05) is 43.5 Å². The monoisotopic (exact) mass is 513 g/mol. The second-order valence-corrected chi connectivity index (χ2v) is 8.56. The molecule has 0 bridgehead atoms. The van der Waals surface area contributed by atoms with E-state index in [9.17, 15) is 14.0 Å². The third-order valence-corrected chi connectivity index (χ3v) is 5.31. The van der Waals surface area contributed by atoms with Gasteiger partial charge in [-0.25, -0.2) is 9.37 Å². The summed E-state index contributed by atoms with van der Waals surface area (Å²) in [6.07, 6.45) is 3.49. The number of halogens is 1. The van der Waals surface area contributed by atoms with Crippen LogP contribution in [0.3, 0.4) is 0 Å². The van der Waals surface area contributed by atoms with Crippen LogP contribution >= 0.6 is 0 Å². The molecular formula is C26H32FN5O5. The summed E-state index contributed by atoms with van der Waals surface area (Å²) in [6, 6.07) is 6.25. The first-order valence-corrected chi connectivity index (χ1v) is 11.9. The van der Waals surface area contributed by atoms with Gasteiger partial charge in [-0.15, -0.1) is 0 Å². The molecule has 2 aromatic rings. The first kappa shape index (κ1) is 27.6. The number of carbonyl (C=O) groups excluding carboxylic acids is 2. The number of ether oxygens (including phenoxy) is 3. The van der Waals surface area contributed by atoms with Crippen molar-refractivity contribution in [3.05, 3.63) is 59.4 Å². The smallest absolute Gasteiger partial charge is 0.279 e. The molecule has 0 aliphatic carbocycles. The van der Waals surface area contributed by atoms with Crippen LogP contribution in [0.5, 0.6) is 17.4 Å². The van der Waals surface area contributed by atoms with Crippen molar-refractivity contribution in [3.8, 4) is 17.4 Å². The summed E-state index contributed by atoms with van der Waals surface area (Å²) in [5, 5.41) is 2.77. The van der Waals surface area contributed by atoms with Gasteiger partial charge in [-0.05, 0) is 57.7 Å². The molecule has 198 valence electrons. The maximum absolute atomic E-state index is 13.1. The van der Waals surface area contributed by atoms with Crippen molar-refractivity contribution in [3.63, 3.8) is 0 Å². The van der Waals surface area contributed by atoms with Crippen LogP contribution in [0.25, 0.3) is 0 Å². The molecule has 0 radical (unpaired) electrons. The minimum Gasteiger partial charge on any atom is -0.488 e. The van der Waals surface area contributed by atoms with Gasteiger partial charge in [-0.1, -0.05) is 0 Å². The molecule has 3 N–H and O–H groups in total. The topological polar surface area (TPSA) is 128 Å². The quantitative estimate of drug-likeness (QED) is 0.346. The van der Waals surface area contributed by atoms with Gasteiger partial charge in [0.25, 0.3) is 11.8 Å². The lowest BCUT2D eigenvalue weighted by molar-refractivity contribution is -0.0524. The Bertz CT molecular complexity index is 1180. The number of likely N-dealkylation sites (tertiary alicyclic amines) is 1. The van der Waals surface area contributed by atoms with E-state index in [-0.39, 0.29) is 41.3 Å². The highest BCUT2D eigenvalue weighted by Gasteiger charge is 2.22. The van der Waals surface area contributed by atoms with E-state index < -0.39 is 18.4 Å². The van der Waals surface area contributed by atoms with Gasteiger partial charge >= 0.3 is 0 Å². The van der Waals surface area contributed by atoms with Crippen molar-refractivity contribution in [1.29, 1.82) is 0 Å². The van der Waals surface area contributed by atoms with Crippen molar-refractivity contribution in [1.82, 2.24) is 15.2 Å². The first-order valence-electron chi connectivity index (χ1n) is 11.9. The largest absolute Gasteiger partial charge is 0.488 e. The van der Waals surface area contributed by atoms with Gasteiger partial charge in [0.2, 0.25) is 5.88 Å². The predicted octanol–water partition coefficient (Wildman–Crippen LogP) is 3.36. The van der Waals surface area contributed by atoms with Gasteiger partial charge in [0.05, 0.1) is 12.2 Å². The number of hydrogen-bond acceptors (Lipinski definition) is 7. The lowest BCUT2D eigenvalue weighted by Crippen LogP contribution is -2.42. The highest BCUT2D eigenvalue weighted by atomic mass is 19.1. The average molecular weight is 514 g/mol. The summed E-state index contributed by atoms with van der Waals surface area (Å²) in [5.41, 5.74) is 7.06. The van der Waals surface area contributed by atoms with Gasteiger partial charge < -0.3 is 30.2 Å². The molecule has 1 aromatic heterocycles. The fourth-order valence-electron chi connectivity index (χ4n) is 3.34. The number of carbonyl (C=O) groups is 2. The van der Waals surface area contributed by atoms with Crippen LogP contribution in [0.15, 0.2) is 47.7 Å². The third kappa shape index (κ3) is 8.01. The maximum Gasteiger partial charge on any atom is 0.279 e. The molecule has 37 heavy (non-hydrogen) atoms. The number of nitrogens with two attached hydrogens (primary N) is 1. The Morgan fingerprint density at radius 1 is 1.22 bits per heavy atom. The Morgan fingerprint density at radius 2 is 1.95 bits per heavy atom. The average Bonchev–Trinajstić information content (AvgIpc) is 2.81. The lowest BCUT2D eigenvalue weighted by atomic mass is 10.1. The van der Waals surface area contributed by atoms with Crippen LogP contribution in [-0.4, -0.2) is 66.7 Å². The number of aryl methyl sites for hydroxylation is 1. The fourth-order valence-corrected chi connectivity index (χ4v) is 3.34. The van der Waals surface area contributed by atoms with Crippen molar-refractivity contribution in [2.24, 2.45) is 10.7 Å². The number of amides is 2. The molecular weight excluding hydrogens is 481 g/mol. The zero-order valence-electron chi connectivity index (χ0n) is 21.4. The van der Waals surface area contributed by atoms with E-state index in [4.69, 9.17) is 19.9 Å². The lowest BCUT2D eigenvalue weighted by Gasteiger charge is -2.30. The number of benzene rings is 1.